The van der Waals surface area contributed by atoms with Crippen LogP contribution in [0.4, 0.5) is 0 Å². The lowest BCUT2D eigenvalue weighted by Crippen LogP contribution is -2.22. The molecule has 0 spiro atoms. The van der Waals surface area contributed by atoms with Crippen LogP contribution in [-0.4, -0.2) is 37.4 Å². The van der Waals surface area contributed by atoms with Crippen LogP contribution in [0.2, 0.25) is 0 Å². The van der Waals surface area contributed by atoms with Gasteiger partial charge in [-0.1, -0.05) is 45.2 Å². The second-order valence-corrected chi connectivity index (χ2v) is 7.32. The van der Waals surface area contributed by atoms with Crippen molar-refractivity contribution in [3.63, 3.8) is 0 Å². The summed E-state index contributed by atoms with van der Waals surface area (Å²) >= 11 is 1.91. The van der Waals surface area contributed by atoms with Crippen LogP contribution in [0.25, 0.3) is 0 Å². The molecular weight excluding hydrogens is 233 g/mol. The molecule has 90 valence electrons. The van der Waals surface area contributed by atoms with Crippen molar-refractivity contribution in [1.29, 1.82) is 0 Å². The predicted octanol–water partition coefficient (Wildman–Crippen LogP) is 2.77. The van der Waals surface area contributed by atoms with Gasteiger partial charge in [0, 0.05) is 12.3 Å². The summed E-state index contributed by atoms with van der Waals surface area (Å²) in [4.78, 5) is 0. The molecule has 1 rings (SSSR count). The van der Waals surface area contributed by atoms with Gasteiger partial charge in [-0.15, -0.1) is 0 Å². The lowest BCUT2D eigenvalue weighted by atomic mass is 10.4. The fourth-order valence-corrected chi connectivity index (χ4v) is 3.93. The maximum absolute atomic E-state index is 3.52. The summed E-state index contributed by atoms with van der Waals surface area (Å²) in [5.41, 5.74) is 0. The molecule has 3 heteroatoms. The molecule has 1 aromatic rings. The Labute approximate surface area is 105 Å². The second-order valence-electron chi connectivity index (χ2n) is 3.66. The van der Waals surface area contributed by atoms with Gasteiger partial charge in [0.25, 0.3) is 0 Å². The minimum Gasteiger partial charge on any atom is -0.316 e. The Morgan fingerprint density at radius 2 is 1.94 bits per heavy atom. The van der Waals surface area contributed by atoms with E-state index in [0.29, 0.717) is 0 Å². The third-order valence-electron chi connectivity index (χ3n) is 2.54. The Hall–Kier alpha value is -0.0400. The molecule has 1 atom stereocenters. The Balaban J connectivity index is 2.27. The quantitative estimate of drug-likeness (QED) is 0.566. The molecule has 0 aliphatic rings. The molecule has 16 heavy (non-hydrogen) atoms. The van der Waals surface area contributed by atoms with Crippen LogP contribution in [-0.2, 0) is 0 Å². The highest BCUT2D eigenvalue weighted by atomic mass is 32.2. The molecular formula is C13H22NPS. The first-order chi connectivity index (χ1) is 7.88. The van der Waals surface area contributed by atoms with E-state index < -0.39 is 0 Å². The molecule has 1 nitrogen and oxygen atoms in total. The zero-order chi connectivity index (χ0) is 11.6. The molecule has 0 aliphatic heterocycles. The maximum atomic E-state index is 3.52. The van der Waals surface area contributed by atoms with E-state index in [-0.39, 0.29) is 7.92 Å². The standard InChI is InChI=1S/C13H22NPS/c1-3-15(11-9-14-10-12-16-2)13-7-5-4-6-8-13/h4-8,14H,3,9-12H2,1-2H3. The molecule has 1 aromatic carbocycles. The summed E-state index contributed by atoms with van der Waals surface area (Å²) in [5.74, 6) is 1.22. The molecule has 1 unspecified atom stereocenters. The van der Waals surface area contributed by atoms with E-state index in [1.165, 1.54) is 18.1 Å². The second kappa shape index (κ2) is 9.04. The van der Waals surface area contributed by atoms with Crippen molar-refractivity contribution in [3.8, 4) is 0 Å². The Bertz CT molecular complexity index is 266. The first-order valence-electron chi connectivity index (χ1n) is 5.88. The van der Waals surface area contributed by atoms with E-state index in [0.717, 1.165) is 13.1 Å². The normalized spacial score (nSPS) is 12.6. The van der Waals surface area contributed by atoms with Gasteiger partial charge in [0.1, 0.15) is 0 Å². The number of benzene rings is 1. The summed E-state index contributed by atoms with van der Waals surface area (Å²) < 4.78 is 0. The van der Waals surface area contributed by atoms with Crippen molar-refractivity contribution in [1.82, 2.24) is 5.32 Å². The molecule has 0 heterocycles. The lowest BCUT2D eigenvalue weighted by molar-refractivity contribution is 0.772. The van der Waals surface area contributed by atoms with Crippen molar-refractivity contribution < 1.29 is 0 Å². The van der Waals surface area contributed by atoms with E-state index in [4.69, 9.17) is 0 Å². The molecule has 0 saturated heterocycles. The molecule has 0 aliphatic carbocycles. The van der Waals surface area contributed by atoms with E-state index in [1.807, 2.05) is 11.8 Å². The van der Waals surface area contributed by atoms with Gasteiger partial charge in [-0.2, -0.15) is 11.8 Å². The van der Waals surface area contributed by atoms with Crippen LogP contribution in [0.15, 0.2) is 30.3 Å². The SMILES string of the molecule is CCP(CCNCCSC)c1ccccc1. The van der Waals surface area contributed by atoms with E-state index in [1.54, 1.807) is 5.30 Å². The molecule has 0 fully saturated rings. The Kier molecular flexibility index (Phi) is 7.92. The van der Waals surface area contributed by atoms with Gasteiger partial charge in [0.2, 0.25) is 0 Å². The Morgan fingerprint density at radius 3 is 2.56 bits per heavy atom. The third kappa shape index (κ3) is 5.34. The third-order valence-corrected chi connectivity index (χ3v) is 5.71. The topological polar surface area (TPSA) is 12.0 Å². The largest absolute Gasteiger partial charge is 0.316 e. The van der Waals surface area contributed by atoms with Crippen LogP contribution >= 0.6 is 19.7 Å². The van der Waals surface area contributed by atoms with Crippen molar-refractivity contribution >= 4 is 25.0 Å². The Morgan fingerprint density at radius 1 is 1.19 bits per heavy atom. The molecule has 0 radical (unpaired) electrons. The van der Waals surface area contributed by atoms with Crippen molar-refractivity contribution in [3.05, 3.63) is 30.3 Å². The summed E-state index contributed by atoms with van der Waals surface area (Å²) in [7, 11) is 0.0563. The highest BCUT2D eigenvalue weighted by Crippen LogP contribution is 2.32. The maximum Gasteiger partial charge on any atom is 0.00553 e. The van der Waals surface area contributed by atoms with Crippen molar-refractivity contribution in [2.75, 3.05) is 37.4 Å². The fraction of sp³-hybridized carbons (Fsp3) is 0.538. The van der Waals surface area contributed by atoms with Gasteiger partial charge in [0.15, 0.2) is 0 Å². The van der Waals surface area contributed by atoms with Gasteiger partial charge in [-0.3, -0.25) is 0 Å². The summed E-state index contributed by atoms with van der Waals surface area (Å²) in [6.45, 7) is 4.61. The van der Waals surface area contributed by atoms with Gasteiger partial charge in [0.05, 0.1) is 0 Å². The molecule has 0 aromatic heterocycles. The number of hydrogen-bond donors (Lipinski definition) is 1. The predicted molar refractivity (Wildman–Crippen MR) is 79.7 cm³/mol. The van der Waals surface area contributed by atoms with Crippen LogP contribution in [0.3, 0.4) is 0 Å². The monoisotopic (exact) mass is 255 g/mol. The van der Waals surface area contributed by atoms with Gasteiger partial charge in [-0.05, 0) is 30.4 Å². The van der Waals surface area contributed by atoms with E-state index in [2.05, 4.69) is 48.8 Å². The van der Waals surface area contributed by atoms with Crippen LogP contribution < -0.4 is 10.6 Å². The molecule has 1 N–H and O–H groups in total. The fourth-order valence-electron chi connectivity index (χ4n) is 1.62. The minimum atomic E-state index is 0.0563. The van der Waals surface area contributed by atoms with Gasteiger partial charge in [-0.25, -0.2) is 0 Å². The van der Waals surface area contributed by atoms with Crippen LogP contribution in [0.1, 0.15) is 6.92 Å². The smallest absolute Gasteiger partial charge is 0.00553 e. The number of hydrogen-bond acceptors (Lipinski definition) is 2. The van der Waals surface area contributed by atoms with Crippen molar-refractivity contribution in [2.24, 2.45) is 0 Å². The lowest BCUT2D eigenvalue weighted by Gasteiger charge is -2.16. The minimum absolute atomic E-state index is 0.0563. The van der Waals surface area contributed by atoms with E-state index >= 15 is 0 Å². The zero-order valence-corrected chi connectivity index (χ0v) is 12.0. The number of rotatable bonds is 8. The highest BCUT2D eigenvalue weighted by Gasteiger charge is 2.06. The number of nitrogens with one attached hydrogen (secondary N) is 1. The first-order valence-corrected chi connectivity index (χ1v) is 8.98. The summed E-state index contributed by atoms with van der Waals surface area (Å²) in [6.07, 6.45) is 4.76. The molecule has 0 saturated carbocycles. The van der Waals surface area contributed by atoms with Gasteiger partial charge < -0.3 is 5.32 Å². The van der Waals surface area contributed by atoms with Crippen LogP contribution in [0, 0.1) is 0 Å². The molecule has 0 bridgehead atoms. The van der Waals surface area contributed by atoms with Crippen LogP contribution in [0.5, 0.6) is 0 Å². The average Bonchev–Trinajstić information content (AvgIpc) is 2.35. The number of thioether (sulfide) groups is 1. The summed E-state index contributed by atoms with van der Waals surface area (Å²) in [5, 5.41) is 5.06. The van der Waals surface area contributed by atoms with E-state index in [9.17, 15) is 0 Å². The first kappa shape index (κ1) is 14.0. The average molecular weight is 255 g/mol. The highest BCUT2D eigenvalue weighted by molar-refractivity contribution is 7.98. The molecule has 0 amide bonds. The zero-order valence-electron chi connectivity index (χ0n) is 10.3. The van der Waals surface area contributed by atoms with Gasteiger partial charge >= 0.3 is 0 Å². The van der Waals surface area contributed by atoms with Crippen molar-refractivity contribution in [2.45, 2.75) is 6.92 Å². The summed E-state index contributed by atoms with van der Waals surface area (Å²) in [6, 6.07) is 11.0.